The average Bonchev–Trinajstić information content (AvgIpc) is 3.17. The van der Waals surface area contributed by atoms with Crippen LogP contribution in [0.4, 0.5) is 10.2 Å². The highest BCUT2D eigenvalue weighted by Crippen LogP contribution is 2.30. The lowest BCUT2D eigenvalue weighted by molar-refractivity contribution is -0.116. The summed E-state index contributed by atoms with van der Waals surface area (Å²) < 4.78 is 21.8. The predicted octanol–water partition coefficient (Wildman–Crippen LogP) is 2.07. The van der Waals surface area contributed by atoms with Crippen LogP contribution in [0.5, 0.6) is 5.75 Å². The lowest BCUT2D eigenvalue weighted by Crippen LogP contribution is -2.20. The number of halogens is 1. The number of carbonyl (C=O) groups is 1. The number of amides is 1. The second kappa shape index (κ2) is 6.53. The number of carbonyl (C=O) groups excluding carboxylic acids is 1. The van der Waals surface area contributed by atoms with Crippen LogP contribution < -0.4 is 10.1 Å². The molecule has 24 heavy (non-hydrogen) atoms. The Kier molecular flexibility index (Phi) is 4.28. The minimum atomic E-state index is -0.368. The van der Waals surface area contributed by atoms with Crippen molar-refractivity contribution in [3.8, 4) is 16.9 Å². The fourth-order valence-corrected chi connectivity index (χ4v) is 2.32. The molecule has 8 heteroatoms. The third kappa shape index (κ3) is 3.27. The van der Waals surface area contributed by atoms with Gasteiger partial charge in [0.2, 0.25) is 5.91 Å². The summed E-state index contributed by atoms with van der Waals surface area (Å²) in [5, 5.41) is 10.9. The Morgan fingerprint density at radius 2 is 2.17 bits per heavy atom. The lowest BCUT2D eigenvalue weighted by Gasteiger charge is -2.06. The number of nitrogens with zero attached hydrogens (tertiary/aromatic N) is 4. The third-order valence-electron chi connectivity index (χ3n) is 3.50. The van der Waals surface area contributed by atoms with Crippen LogP contribution in [-0.4, -0.2) is 32.6 Å². The van der Waals surface area contributed by atoms with Gasteiger partial charge in [-0.15, -0.1) is 0 Å². The van der Waals surface area contributed by atoms with Gasteiger partial charge in [0.15, 0.2) is 0 Å². The third-order valence-corrected chi connectivity index (χ3v) is 3.50. The number of nitrogens with one attached hydrogen (secondary N) is 1. The van der Waals surface area contributed by atoms with Gasteiger partial charge in [0.25, 0.3) is 0 Å². The first kappa shape index (κ1) is 15.7. The van der Waals surface area contributed by atoms with Crippen LogP contribution in [0, 0.1) is 5.82 Å². The van der Waals surface area contributed by atoms with Crippen LogP contribution in [-0.2, 0) is 18.4 Å². The quantitative estimate of drug-likeness (QED) is 0.778. The molecule has 7 nitrogen and oxygen atoms in total. The number of aryl methyl sites for hydroxylation is 1. The van der Waals surface area contributed by atoms with Crippen LogP contribution >= 0.6 is 0 Å². The van der Waals surface area contributed by atoms with Gasteiger partial charge in [-0.1, -0.05) is 0 Å². The number of methoxy groups -OCH3 is 1. The monoisotopic (exact) mass is 329 g/mol. The Bertz CT molecular complexity index is 871. The fraction of sp³-hybridized carbons (Fsp3) is 0.188. The summed E-state index contributed by atoms with van der Waals surface area (Å²) >= 11 is 0. The van der Waals surface area contributed by atoms with Gasteiger partial charge < -0.3 is 10.1 Å². The summed E-state index contributed by atoms with van der Waals surface area (Å²) in [7, 11) is 3.25. The number of aromatic nitrogens is 4. The van der Waals surface area contributed by atoms with Gasteiger partial charge >= 0.3 is 0 Å². The SMILES string of the molecule is COc1ccc(F)cc1-c1cnn(CC(=O)Nc2ccnn2C)c1. The van der Waals surface area contributed by atoms with Crippen molar-refractivity contribution in [3.05, 3.63) is 48.7 Å². The number of hydrogen-bond donors (Lipinski definition) is 1. The summed E-state index contributed by atoms with van der Waals surface area (Å²) in [5.74, 6) is 0.529. The second-order valence-corrected chi connectivity index (χ2v) is 5.16. The molecule has 0 saturated carbocycles. The molecule has 0 aliphatic heterocycles. The van der Waals surface area contributed by atoms with Crippen molar-refractivity contribution in [1.29, 1.82) is 0 Å². The largest absolute Gasteiger partial charge is 0.496 e. The first-order valence-electron chi connectivity index (χ1n) is 7.21. The molecule has 1 aromatic carbocycles. The molecule has 0 atom stereocenters. The van der Waals surface area contributed by atoms with Crippen molar-refractivity contribution in [3.63, 3.8) is 0 Å². The van der Waals surface area contributed by atoms with Crippen molar-refractivity contribution < 1.29 is 13.9 Å². The van der Waals surface area contributed by atoms with Crippen LogP contribution in [0.1, 0.15) is 0 Å². The van der Waals surface area contributed by atoms with Gasteiger partial charge in [0.05, 0.1) is 19.5 Å². The van der Waals surface area contributed by atoms with E-state index in [-0.39, 0.29) is 18.3 Å². The fourth-order valence-electron chi connectivity index (χ4n) is 2.32. The molecule has 2 heterocycles. The van der Waals surface area contributed by atoms with Crippen LogP contribution in [0.25, 0.3) is 11.1 Å². The molecular weight excluding hydrogens is 313 g/mol. The molecule has 0 aliphatic rings. The summed E-state index contributed by atoms with van der Waals surface area (Å²) in [4.78, 5) is 12.1. The normalized spacial score (nSPS) is 10.6. The molecule has 0 unspecified atom stereocenters. The molecule has 1 amide bonds. The molecule has 0 radical (unpaired) electrons. The summed E-state index contributed by atoms with van der Waals surface area (Å²) in [6.07, 6.45) is 4.83. The van der Waals surface area contributed by atoms with Gasteiger partial charge in [0, 0.05) is 30.4 Å². The molecule has 3 rings (SSSR count). The zero-order valence-electron chi connectivity index (χ0n) is 13.2. The molecule has 2 aromatic heterocycles. The van der Waals surface area contributed by atoms with Gasteiger partial charge in [-0.2, -0.15) is 10.2 Å². The minimum absolute atomic E-state index is 0.0306. The number of benzene rings is 1. The smallest absolute Gasteiger partial charge is 0.247 e. The maximum absolute atomic E-state index is 13.5. The van der Waals surface area contributed by atoms with E-state index in [2.05, 4.69) is 15.5 Å². The highest BCUT2D eigenvalue weighted by Gasteiger charge is 2.12. The first-order chi connectivity index (χ1) is 11.6. The standard InChI is InChI=1S/C16H16FN5O2/c1-21-15(5-6-18-21)20-16(23)10-22-9-11(8-19-22)13-7-12(17)3-4-14(13)24-2/h3-9H,10H2,1-2H3,(H,20,23). The Hall–Kier alpha value is -3.16. The highest BCUT2D eigenvalue weighted by atomic mass is 19.1. The van der Waals surface area contributed by atoms with E-state index >= 15 is 0 Å². The van der Waals surface area contributed by atoms with E-state index in [0.29, 0.717) is 22.7 Å². The van der Waals surface area contributed by atoms with Crippen LogP contribution in [0.2, 0.25) is 0 Å². The Morgan fingerprint density at radius 3 is 2.88 bits per heavy atom. The number of rotatable bonds is 5. The van der Waals surface area contributed by atoms with E-state index in [0.717, 1.165) is 0 Å². The van der Waals surface area contributed by atoms with Gasteiger partial charge in [-0.3, -0.25) is 14.2 Å². The first-order valence-corrected chi connectivity index (χ1v) is 7.21. The molecule has 0 fully saturated rings. The van der Waals surface area contributed by atoms with Crippen molar-refractivity contribution in [2.24, 2.45) is 7.05 Å². The average molecular weight is 329 g/mol. The highest BCUT2D eigenvalue weighted by molar-refractivity contribution is 5.89. The van der Waals surface area contributed by atoms with Gasteiger partial charge in [-0.05, 0) is 18.2 Å². The van der Waals surface area contributed by atoms with Gasteiger partial charge in [-0.25, -0.2) is 4.39 Å². The Labute approximate surface area is 137 Å². The Balaban J connectivity index is 1.75. The van der Waals surface area contributed by atoms with Crippen molar-refractivity contribution >= 4 is 11.7 Å². The number of hydrogen-bond acceptors (Lipinski definition) is 4. The van der Waals surface area contributed by atoms with E-state index in [9.17, 15) is 9.18 Å². The predicted molar refractivity (Wildman–Crippen MR) is 86.0 cm³/mol. The van der Waals surface area contributed by atoms with Crippen LogP contribution in [0.15, 0.2) is 42.9 Å². The second-order valence-electron chi connectivity index (χ2n) is 5.16. The number of ether oxygens (including phenoxy) is 1. The molecule has 0 saturated heterocycles. The van der Waals surface area contributed by atoms with E-state index in [1.54, 1.807) is 42.5 Å². The van der Waals surface area contributed by atoms with Crippen LogP contribution in [0.3, 0.4) is 0 Å². The van der Waals surface area contributed by atoms with Crippen molar-refractivity contribution in [2.75, 3.05) is 12.4 Å². The summed E-state index contributed by atoms with van der Waals surface area (Å²) in [6.45, 7) is 0.0306. The molecule has 3 aromatic rings. The Morgan fingerprint density at radius 1 is 1.33 bits per heavy atom. The van der Waals surface area contributed by atoms with Gasteiger partial charge in [0.1, 0.15) is 23.9 Å². The van der Waals surface area contributed by atoms with E-state index in [1.807, 2.05) is 0 Å². The van der Waals surface area contributed by atoms with Crippen molar-refractivity contribution in [2.45, 2.75) is 6.54 Å². The molecule has 1 N–H and O–H groups in total. The van der Waals surface area contributed by atoms with E-state index in [1.165, 1.54) is 23.9 Å². The van der Waals surface area contributed by atoms with Crippen molar-refractivity contribution in [1.82, 2.24) is 19.6 Å². The summed E-state index contributed by atoms with van der Waals surface area (Å²) in [5.41, 5.74) is 1.25. The van der Waals surface area contributed by atoms with E-state index in [4.69, 9.17) is 4.74 Å². The molecule has 0 aliphatic carbocycles. The zero-order valence-corrected chi connectivity index (χ0v) is 13.2. The number of anilines is 1. The molecule has 0 spiro atoms. The minimum Gasteiger partial charge on any atom is -0.496 e. The molecule has 0 bridgehead atoms. The molecule has 124 valence electrons. The molecular formula is C16H16FN5O2. The zero-order chi connectivity index (χ0) is 17.1. The maximum atomic E-state index is 13.5. The van der Waals surface area contributed by atoms with E-state index < -0.39 is 0 Å². The lowest BCUT2D eigenvalue weighted by atomic mass is 10.1. The topological polar surface area (TPSA) is 74.0 Å². The summed E-state index contributed by atoms with van der Waals surface area (Å²) in [6, 6.07) is 5.95. The maximum Gasteiger partial charge on any atom is 0.247 e.